The molecule has 6 rings (SSSR count). The fourth-order valence-corrected chi connectivity index (χ4v) is 5.48. The van der Waals surface area contributed by atoms with E-state index in [1.54, 1.807) is 102 Å². The third-order valence-corrected chi connectivity index (χ3v) is 7.99. The minimum Gasteiger partial charge on any atom is -0.452 e. The van der Waals surface area contributed by atoms with E-state index in [2.05, 4.69) is 10.3 Å². The van der Waals surface area contributed by atoms with Gasteiger partial charge in [-0.15, -0.1) is 5.10 Å². The molecule has 1 saturated heterocycles. The van der Waals surface area contributed by atoms with Crippen LogP contribution in [0.2, 0.25) is 0 Å². The van der Waals surface area contributed by atoms with E-state index in [1.807, 2.05) is 30.3 Å². The molecule has 256 valence electrons. The van der Waals surface area contributed by atoms with Crippen LogP contribution in [0.3, 0.4) is 0 Å². The van der Waals surface area contributed by atoms with Crippen LogP contribution in [0.25, 0.3) is 0 Å². The molecule has 5 atom stereocenters. The van der Waals surface area contributed by atoms with E-state index in [0.29, 0.717) is 12.3 Å². The Morgan fingerprint density at radius 3 is 1.64 bits per heavy atom. The topological polar surface area (TPSA) is 137 Å². The van der Waals surface area contributed by atoms with E-state index >= 15 is 0 Å². The van der Waals surface area contributed by atoms with Crippen molar-refractivity contribution < 1.29 is 42.8 Å². The summed E-state index contributed by atoms with van der Waals surface area (Å²) in [5.74, 6) is -2.16. The van der Waals surface area contributed by atoms with Gasteiger partial charge in [-0.25, -0.2) is 19.1 Å². The smallest absolute Gasteiger partial charge is 0.338 e. The molecular weight excluding hydrogens is 642 g/mol. The fraction of sp³-hybridized carbons (Fsp3) is 0.237. The molecule has 2 heterocycles. The molecule has 5 aromatic rings. The molecule has 0 aliphatic carbocycles. The summed E-state index contributed by atoms with van der Waals surface area (Å²) in [6.07, 6.45) is -4.75. The number of esters is 3. The second kappa shape index (κ2) is 16.6. The second-order valence-corrected chi connectivity index (χ2v) is 11.4. The van der Waals surface area contributed by atoms with Gasteiger partial charge in [0.05, 0.1) is 48.3 Å². The standard InChI is InChI=1S/C38H35N3O9/c1-45-38-34(50-37(44)29-20-12-5-13-21-29)33(49-36(43)28-18-10-4-11-19-28)32(48-35(42)27-16-8-3-9-17-27)31(47-38)23-41-30(22-39-40-41)25-46-24-26-14-6-2-7-15-26/h2-22,31-34,38H,23-25H2,1H3/t31-,32-,33+,34-,38+/m1/s1. The third-order valence-electron chi connectivity index (χ3n) is 7.99. The minimum atomic E-state index is -1.38. The van der Waals surface area contributed by atoms with Crippen LogP contribution in [-0.4, -0.2) is 70.7 Å². The zero-order chi connectivity index (χ0) is 34.7. The fourth-order valence-electron chi connectivity index (χ4n) is 5.48. The van der Waals surface area contributed by atoms with Crippen LogP contribution in [0.5, 0.6) is 0 Å². The normalized spacial score (nSPS) is 20.1. The number of ether oxygens (including phenoxy) is 6. The van der Waals surface area contributed by atoms with Gasteiger partial charge in [0, 0.05) is 7.11 Å². The first kappa shape index (κ1) is 34.2. The molecule has 1 aliphatic heterocycles. The predicted molar refractivity (Wildman–Crippen MR) is 178 cm³/mol. The van der Waals surface area contributed by atoms with Gasteiger partial charge in [0.15, 0.2) is 24.6 Å². The van der Waals surface area contributed by atoms with Gasteiger partial charge < -0.3 is 28.4 Å². The molecule has 1 aromatic heterocycles. The number of carbonyl (C=O) groups is 3. The largest absolute Gasteiger partial charge is 0.452 e. The maximum Gasteiger partial charge on any atom is 0.338 e. The molecule has 1 aliphatic rings. The maximum atomic E-state index is 13.6. The Balaban J connectivity index is 1.33. The van der Waals surface area contributed by atoms with Gasteiger partial charge in [0.2, 0.25) is 0 Å². The Bertz CT molecular complexity index is 1840. The molecule has 0 unspecified atom stereocenters. The van der Waals surface area contributed by atoms with E-state index in [1.165, 1.54) is 7.11 Å². The number of hydrogen-bond acceptors (Lipinski definition) is 11. The van der Waals surface area contributed by atoms with E-state index in [0.717, 1.165) is 5.56 Å². The van der Waals surface area contributed by atoms with Crippen molar-refractivity contribution in [3.63, 3.8) is 0 Å². The molecule has 12 heteroatoms. The van der Waals surface area contributed by atoms with Gasteiger partial charge >= 0.3 is 17.9 Å². The molecule has 1 fully saturated rings. The summed E-state index contributed by atoms with van der Waals surface area (Å²) in [5.41, 5.74) is 2.35. The van der Waals surface area contributed by atoms with Crippen LogP contribution in [0, 0.1) is 0 Å². The first-order valence-electron chi connectivity index (χ1n) is 16.0. The van der Waals surface area contributed by atoms with Crippen LogP contribution in [0.4, 0.5) is 0 Å². The van der Waals surface area contributed by atoms with Crippen molar-refractivity contribution in [2.75, 3.05) is 7.11 Å². The summed E-state index contributed by atoms with van der Waals surface area (Å²) in [6, 6.07) is 34.7. The third kappa shape index (κ3) is 8.47. The van der Waals surface area contributed by atoms with Gasteiger partial charge in [-0.3, -0.25) is 0 Å². The average molecular weight is 678 g/mol. The first-order valence-corrected chi connectivity index (χ1v) is 16.0. The molecule has 50 heavy (non-hydrogen) atoms. The molecule has 12 nitrogen and oxygen atoms in total. The van der Waals surface area contributed by atoms with Gasteiger partial charge in [0.25, 0.3) is 0 Å². The van der Waals surface area contributed by atoms with Crippen LogP contribution >= 0.6 is 0 Å². The summed E-state index contributed by atoms with van der Waals surface area (Å²) in [5, 5.41) is 8.30. The number of benzene rings is 4. The van der Waals surface area contributed by atoms with Crippen LogP contribution in [0.1, 0.15) is 42.3 Å². The van der Waals surface area contributed by atoms with E-state index in [4.69, 9.17) is 28.4 Å². The minimum absolute atomic E-state index is 0.0185. The van der Waals surface area contributed by atoms with Crippen LogP contribution in [0.15, 0.2) is 128 Å². The van der Waals surface area contributed by atoms with Gasteiger partial charge in [-0.1, -0.05) is 90.1 Å². The molecule has 0 radical (unpaired) electrons. The number of nitrogens with zero attached hydrogens (tertiary/aromatic N) is 3. The summed E-state index contributed by atoms with van der Waals surface area (Å²) in [7, 11) is 1.37. The SMILES string of the molecule is CO[C@H]1O[C@H](Cn2nncc2COCc2ccccc2)[C@@H](OC(=O)c2ccccc2)[C@H](OC(=O)c2ccccc2)[C@H]1OC(=O)c1ccccc1. The highest BCUT2D eigenvalue weighted by Gasteiger charge is 2.53. The zero-order valence-electron chi connectivity index (χ0n) is 27.1. The molecule has 0 saturated carbocycles. The average Bonchev–Trinajstić information content (AvgIpc) is 3.61. The Hall–Kier alpha value is -5.69. The summed E-state index contributed by atoms with van der Waals surface area (Å²) >= 11 is 0. The predicted octanol–water partition coefficient (Wildman–Crippen LogP) is 5.04. The van der Waals surface area contributed by atoms with Crippen molar-refractivity contribution >= 4 is 17.9 Å². The lowest BCUT2D eigenvalue weighted by Crippen LogP contribution is -2.62. The van der Waals surface area contributed by atoms with Crippen molar-refractivity contribution in [2.45, 2.75) is 50.5 Å². The van der Waals surface area contributed by atoms with Crippen molar-refractivity contribution in [1.29, 1.82) is 0 Å². The number of carbonyl (C=O) groups excluding carboxylic acids is 3. The van der Waals surface area contributed by atoms with Crippen molar-refractivity contribution in [2.24, 2.45) is 0 Å². The van der Waals surface area contributed by atoms with Gasteiger partial charge in [-0.2, -0.15) is 0 Å². The summed E-state index contributed by atoms with van der Waals surface area (Å²) in [6.45, 7) is 0.511. The number of hydrogen-bond donors (Lipinski definition) is 0. The molecule has 0 spiro atoms. The highest BCUT2D eigenvalue weighted by molar-refractivity contribution is 5.91. The number of rotatable bonds is 13. The first-order chi connectivity index (χ1) is 24.5. The Kier molecular flexibility index (Phi) is 11.4. The number of aromatic nitrogens is 3. The quantitative estimate of drug-likeness (QED) is 0.122. The summed E-state index contributed by atoms with van der Waals surface area (Å²) < 4.78 is 37.6. The van der Waals surface area contributed by atoms with Crippen LogP contribution in [-0.2, 0) is 48.2 Å². The van der Waals surface area contributed by atoms with E-state index < -0.39 is 48.6 Å². The monoisotopic (exact) mass is 677 g/mol. The Morgan fingerprint density at radius 2 is 1.12 bits per heavy atom. The highest BCUT2D eigenvalue weighted by atomic mass is 16.7. The molecular formula is C38H35N3O9. The van der Waals surface area contributed by atoms with E-state index in [-0.39, 0.29) is 29.8 Å². The van der Waals surface area contributed by atoms with Gasteiger partial charge in [0.1, 0.15) is 6.10 Å². The molecule has 0 bridgehead atoms. The zero-order valence-corrected chi connectivity index (χ0v) is 27.1. The lowest BCUT2D eigenvalue weighted by Gasteiger charge is -2.44. The van der Waals surface area contributed by atoms with Crippen molar-refractivity contribution in [1.82, 2.24) is 15.0 Å². The lowest BCUT2D eigenvalue weighted by atomic mass is 9.97. The molecule has 0 amide bonds. The molecule has 4 aromatic carbocycles. The molecule has 0 N–H and O–H groups in total. The van der Waals surface area contributed by atoms with E-state index in [9.17, 15) is 14.4 Å². The van der Waals surface area contributed by atoms with Crippen molar-refractivity contribution in [3.8, 4) is 0 Å². The lowest BCUT2D eigenvalue weighted by molar-refractivity contribution is -0.290. The highest BCUT2D eigenvalue weighted by Crippen LogP contribution is 2.32. The van der Waals surface area contributed by atoms with Crippen LogP contribution < -0.4 is 0 Å². The maximum absolute atomic E-state index is 13.6. The second-order valence-electron chi connectivity index (χ2n) is 11.4. The number of methoxy groups -OCH3 is 1. The Morgan fingerprint density at radius 1 is 0.640 bits per heavy atom. The Labute approximate surface area is 288 Å². The summed E-state index contributed by atoms with van der Waals surface area (Å²) in [4.78, 5) is 40.6. The van der Waals surface area contributed by atoms with Gasteiger partial charge in [-0.05, 0) is 42.0 Å². The van der Waals surface area contributed by atoms with Crippen molar-refractivity contribution in [3.05, 3.63) is 155 Å².